The van der Waals surface area contributed by atoms with Crippen molar-refractivity contribution in [1.29, 1.82) is 0 Å². The van der Waals surface area contributed by atoms with Crippen LogP contribution in [0.2, 0.25) is 5.02 Å². The summed E-state index contributed by atoms with van der Waals surface area (Å²) in [4.78, 5) is 41.6. The molecule has 2 aliphatic rings. The summed E-state index contributed by atoms with van der Waals surface area (Å²) in [6.45, 7) is 1.03. The number of phenols is 1. The van der Waals surface area contributed by atoms with E-state index in [9.17, 15) is 19.5 Å². The van der Waals surface area contributed by atoms with Crippen LogP contribution in [0.1, 0.15) is 19.3 Å². The summed E-state index contributed by atoms with van der Waals surface area (Å²) in [5, 5.41) is 13.0. The third-order valence-electron chi connectivity index (χ3n) is 6.01. The summed E-state index contributed by atoms with van der Waals surface area (Å²) < 4.78 is 5.31. The number of aromatic hydroxyl groups is 1. The number of piperidine rings is 1. The molecule has 0 aromatic heterocycles. The van der Waals surface area contributed by atoms with Crippen LogP contribution in [0.25, 0.3) is 0 Å². The van der Waals surface area contributed by atoms with Gasteiger partial charge in [-0.3, -0.25) is 19.3 Å². The maximum absolute atomic E-state index is 13.1. The number of ether oxygens (including phenoxy) is 1. The SMILES string of the molecule is COc1ccc(Cl)cc1N1C(=O)CC(N2CCC(C(=O)Nc3ccccc3O)CC2)C1=O. The third kappa shape index (κ3) is 4.28. The molecule has 0 aliphatic carbocycles. The van der Waals surface area contributed by atoms with Crippen molar-refractivity contribution >= 4 is 40.7 Å². The van der Waals surface area contributed by atoms with Gasteiger partial charge in [0, 0.05) is 10.9 Å². The number of imide groups is 1. The first-order valence-corrected chi connectivity index (χ1v) is 10.8. The number of para-hydroxylation sites is 2. The third-order valence-corrected chi connectivity index (χ3v) is 6.24. The Labute approximate surface area is 190 Å². The fourth-order valence-corrected chi connectivity index (χ4v) is 4.45. The zero-order valence-corrected chi connectivity index (χ0v) is 18.3. The van der Waals surface area contributed by atoms with E-state index in [4.69, 9.17) is 16.3 Å². The predicted molar refractivity (Wildman–Crippen MR) is 120 cm³/mol. The summed E-state index contributed by atoms with van der Waals surface area (Å²) in [7, 11) is 1.47. The average molecular weight is 458 g/mol. The number of nitrogens with one attached hydrogen (secondary N) is 1. The van der Waals surface area contributed by atoms with Crippen LogP contribution in [0, 0.1) is 5.92 Å². The van der Waals surface area contributed by atoms with Crippen molar-refractivity contribution in [2.24, 2.45) is 5.92 Å². The number of nitrogens with zero attached hydrogens (tertiary/aromatic N) is 2. The number of halogens is 1. The Bertz CT molecular complexity index is 1050. The molecule has 2 saturated heterocycles. The van der Waals surface area contributed by atoms with E-state index in [1.54, 1.807) is 36.4 Å². The van der Waals surface area contributed by atoms with Crippen LogP contribution in [0.5, 0.6) is 11.5 Å². The van der Waals surface area contributed by atoms with Gasteiger partial charge in [-0.05, 0) is 56.3 Å². The number of benzene rings is 2. The molecule has 2 aliphatic heterocycles. The number of amides is 3. The van der Waals surface area contributed by atoms with E-state index in [1.807, 2.05) is 4.90 Å². The molecule has 0 spiro atoms. The van der Waals surface area contributed by atoms with Crippen LogP contribution in [0.4, 0.5) is 11.4 Å². The van der Waals surface area contributed by atoms with Gasteiger partial charge < -0.3 is 15.2 Å². The minimum Gasteiger partial charge on any atom is -0.506 e. The molecule has 168 valence electrons. The summed E-state index contributed by atoms with van der Waals surface area (Å²) >= 11 is 6.08. The van der Waals surface area contributed by atoms with E-state index in [2.05, 4.69) is 5.32 Å². The van der Waals surface area contributed by atoms with Crippen molar-refractivity contribution in [3.63, 3.8) is 0 Å². The highest BCUT2D eigenvalue weighted by Crippen LogP contribution is 2.36. The van der Waals surface area contributed by atoms with Crippen LogP contribution < -0.4 is 15.0 Å². The molecule has 8 nitrogen and oxygen atoms in total. The number of hydrogen-bond acceptors (Lipinski definition) is 6. The zero-order valence-electron chi connectivity index (χ0n) is 17.6. The monoisotopic (exact) mass is 457 g/mol. The first kappa shape index (κ1) is 22.1. The number of carbonyl (C=O) groups is 3. The number of likely N-dealkylation sites (tertiary alicyclic amines) is 1. The molecule has 2 aromatic rings. The van der Waals surface area contributed by atoms with Crippen molar-refractivity contribution in [2.45, 2.75) is 25.3 Å². The van der Waals surface area contributed by atoms with Gasteiger partial charge in [-0.2, -0.15) is 0 Å². The zero-order chi connectivity index (χ0) is 22.8. The molecular weight excluding hydrogens is 434 g/mol. The highest BCUT2D eigenvalue weighted by molar-refractivity contribution is 6.31. The van der Waals surface area contributed by atoms with Gasteiger partial charge >= 0.3 is 0 Å². The predicted octanol–water partition coefficient (Wildman–Crippen LogP) is 3.04. The van der Waals surface area contributed by atoms with Gasteiger partial charge in [-0.25, -0.2) is 4.90 Å². The number of methoxy groups -OCH3 is 1. The van der Waals surface area contributed by atoms with Crippen LogP contribution in [0.15, 0.2) is 42.5 Å². The van der Waals surface area contributed by atoms with E-state index in [1.165, 1.54) is 13.2 Å². The molecule has 2 aromatic carbocycles. The lowest BCUT2D eigenvalue weighted by molar-refractivity contribution is -0.123. The fourth-order valence-electron chi connectivity index (χ4n) is 4.28. The van der Waals surface area contributed by atoms with Gasteiger partial charge in [0.05, 0.1) is 30.9 Å². The first-order chi connectivity index (χ1) is 15.4. The summed E-state index contributed by atoms with van der Waals surface area (Å²) in [6, 6.07) is 10.8. The molecule has 1 atom stereocenters. The Balaban J connectivity index is 1.41. The van der Waals surface area contributed by atoms with E-state index in [0.717, 1.165) is 4.90 Å². The van der Waals surface area contributed by atoms with Crippen molar-refractivity contribution in [2.75, 3.05) is 30.4 Å². The van der Waals surface area contributed by atoms with Gasteiger partial charge in [0.1, 0.15) is 11.5 Å². The molecule has 2 fully saturated rings. The molecule has 9 heteroatoms. The number of anilines is 2. The van der Waals surface area contributed by atoms with Crippen LogP contribution in [-0.2, 0) is 14.4 Å². The van der Waals surface area contributed by atoms with E-state index >= 15 is 0 Å². The Kier molecular flexibility index (Phi) is 6.34. The molecule has 4 rings (SSSR count). The number of phenolic OH excluding ortho intramolecular Hbond substituents is 1. The molecule has 0 saturated carbocycles. The minimum atomic E-state index is -0.576. The van der Waals surface area contributed by atoms with Gasteiger partial charge in [0.25, 0.3) is 5.91 Å². The van der Waals surface area contributed by atoms with Crippen molar-refractivity contribution in [3.8, 4) is 11.5 Å². The Morgan fingerprint density at radius 1 is 1.16 bits per heavy atom. The van der Waals surface area contributed by atoms with Crippen LogP contribution in [-0.4, -0.2) is 54.0 Å². The standard InChI is InChI=1S/C23H24ClN3O5/c1-32-20-7-6-15(24)12-17(20)27-21(29)13-18(23(27)31)26-10-8-14(9-11-26)22(30)25-16-4-2-3-5-19(16)28/h2-7,12,14,18,28H,8-11,13H2,1H3,(H,25,30). The minimum absolute atomic E-state index is 0.0184. The van der Waals surface area contributed by atoms with Gasteiger partial charge in [-0.15, -0.1) is 0 Å². The topological polar surface area (TPSA) is 99.2 Å². The van der Waals surface area contributed by atoms with Gasteiger partial charge in [-0.1, -0.05) is 23.7 Å². The molecule has 2 heterocycles. The largest absolute Gasteiger partial charge is 0.506 e. The maximum atomic E-state index is 13.1. The lowest BCUT2D eigenvalue weighted by Gasteiger charge is -2.34. The van der Waals surface area contributed by atoms with E-state index in [0.29, 0.717) is 48.1 Å². The Morgan fingerprint density at radius 2 is 1.88 bits per heavy atom. The second-order valence-corrected chi connectivity index (χ2v) is 8.36. The summed E-state index contributed by atoms with van der Waals surface area (Å²) in [6.07, 6.45) is 1.18. The number of rotatable bonds is 5. The molecule has 3 amide bonds. The molecular formula is C23H24ClN3O5. The number of carbonyl (C=O) groups excluding carboxylic acids is 3. The van der Waals surface area contributed by atoms with Crippen molar-refractivity contribution < 1.29 is 24.2 Å². The second-order valence-electron chi connectivity index (χ2n) is 7.92. The smallest absolute Gasteiger partial charge is 0.251 e. The fraction of sp³-hybridized carbons (Fsp3) is 0.348. The lowest BCUT2D eigenvalue weighted by atomic mass is 9.94. The summed E-state index contributed by atoms with van der Waals surface area (Å²) in [5.74, 6) is -0.596. The van der Waals surface area contributed by atoms with Crippen LogP contribution in [0.3, 0.4) is 0 Å². The quantitative estimate of drug-likeness (QED) is 0.529. The van der Waals surface area contributed by atoms with Gasteiger partial charge in [0.2, 0.25) is 11.8 Å². The molecule has 32 heavy (non-hydrogen) atoms. The lowest BCUT2D eigenvalue weighted by Crippen LogP contribution is -2.47. The molecule has 2 N–H and O–H groups in total. The normalized spacial score (nSPS) is 19.9. The summed E-state index contributed by atoms with van der Waals surface area (Å²) in [5.41, 5.74) is 0.719. The molecule has 0 radical (unpaired) electrons. The van der Waals surface area contributed by atoms with Crippen molar-refractivity contribution in [1.82, 2.24) is 4.90 Å². The Morgan fingerprint density at radius 3 is 2.56 bits per heavy atom. The van der Waals surface area contributed by atoms with Crippen molar-refractivity contribution in [3.05, 3.63) is 47.5 Å². The molecule has 1 unspecified atom stereocenters. The highest BCUT2D eigenvalue weighted by atomic mass is 35.5. The van der Waals surface area contributed by atoms with E-state index in [-0.39, 0.29) is 35.8 Å². The van der Waals surface area contributed by atoms with Gasteiger partial charge in [0.15, 0.2) is 0 Å². The molecule has 0 bridgehead atoms. The maximum Gasteiger partial charge on any atom is 0.251 e. The van der Waals surface area contributed by atoms with Crippen LogP contribution >= 0.6 is 11.6 Å². The second kappa shape index (κ2) is 9.18. The number of hydrogen-bond donors (Lipinski definition) is 2. The average Bonchev–Trinajstić information content (AvgIpc) is 3.09. The van der Waals surface area contributed by atoms with E-state index < -0.39 is 6.04 Å². The first-order valence-electron chi connectivity index (χ1n) is 10.4. The Hall–Kier alpha value is -3.10. The highest BCUT2D eigenvalue weighted by Gasteiger charge is 2.44.